The van der Waals surface area contributed by atoms with Crippen LogP contribution in [0.2, 0.25) is 0 Å². The van der Waals surface area contributed by atoms with E-state index >= 15 is 0 Å². The van der Waals surface area contributed by atoms with E-state index < -0.39 is 0 Å². The molecular weight excluding hydrogens is 352 g/mol. The molecule has 0 radical (unpaired) electrons. The number of hydrogen-bond acceptors (Lipinski definition) is 6. The fourth-order valence-corrected chi connectivity index (χ4v) is 3.91. The summed E-state index contributed by atoms with van der Waals surface area (Å²) in [5.41, 5.74) is 1.86. The number of fused-ring (bicyclic) bond motifs is 1. The number of imidazole rings is 1. The van der Waals surface area contributed by atoms with Crippen LogP contribution in [0.25, 0.3) is 11.0 Å². The van der Waals surface area contributed by atoms with Gasteiger partial charge >= 0.3 is 0 Å². The van der Waals surface area contributed by atoms with Crippen LogP contribution in [0.4, 0.5) is 5.82 Å². The molecule has 5 rings (SSSR count). The molecule has 28 heavy (non-hydrogen) atoms. The summed E-state index contributed by atoms with van der Waals surface area (Å²) >= 11 is 0. The normalized spacial score (nSPS) is 17.3. The average molecular weight is 374 g/mol. The van der Waals surface area contributed by atoms with Crippen LogP contribution in [-0.2, 0) is 13.6 Å². The van der Waals surface area contributed by atoms with E-state index in [1.54, 1.807) is 12.5 Å². The van der Waals surface area contributed by atoms with Crippen LogP contribution in [0, 0.1) is 0 Å². The maximum absolute atomic E-state index is 4.81. The first-order chi connectivity index (χ1) is 13.8. The van der Waals surface area contributed by atoms with Crippen molar-refractivity contribution in [3.05, 3.63) is 60.8 Å². The highest BCUT2D eigenvalue weighted by Gasteiger charge is 2.27. The molecule has 1 atom stereocenters. The highest BCUT2D eigenvalue weighted by Crippen LogP contribution is 2.28. The van der Waals surface area contributed by atoms with Gasteiger partial charge < -0.3 is 14.0 Å². The van der Waals surface area contributed by atoms with Crippen molar-refractivity contribution in [3.8, 4) is 0 Å². The van der Waals surface area contributed by atoms with Gasteiger partial charge in [0.15, 0.2) is 5.82 Å². The Bertz CT molecular complexity index is 1080. The van der Waals surface area contributed by atoms with Gasteiger partial charge in [0.1, 0.15) is 11.6 Å². The van der Waals surface area contributed by atoms with Crippen LogP contribution in [0.15, 0.2) is 49.2 Å². The predicted octanol–water partition coefficient (Wildman–Crippen LogP) is 2.39. The van der Waals surface area contributed by atoms with Crippen LogP contribution in [0.1, 0.15) is 30.4 Å². The first kappa shape index (κ1) is 16.9. The average Bonchev–Trinajstić information content (AvgIpc) is 3.38. The first-order valence-electron chi connectivity index (χ1n) is 9.58. The molecule has 8 nitrogen and oxygen atoms in total. The molecule has 8 heteroatoms. The molecule has 0 spiro atoms. The Morgan fingerprint density at radius 3 is 2.89 bits per heavy atom. The Labute approximate surface area is 162 Å². The number of anilines is 1. The summed E-state index contributed by atoms with van der Waals surface area (Å²) in [5, 5.41) is 8.94. The van der Waals surface area contributed by atoms with Crippen molar-refractivity contribution >= 4 is 16.9 Å². The van der Waals surface area contributed by atoms with Crippen molar-refractivity contribution in [2.24, 2.45) is 7.05 Å². The zero-order chi connectivity index (χ0) is 18.9. The monoisotopic (exact) mass is 374 g/mol. The van der Waals surface area contributed by atoms with Crippen molar-refractivity contribution in [2.45, 2.75) is 25.3 Å². The van der Waals surface area contributed by atoms with E-state index in [2.05, 4.69) is 36.7 Å². The number of rotatable bonds is 4. The molecule has 1 saturated heterocycles. The fourth-order valence-electron chi connectivity index (χ4n) is 3.91. The van der Waals surface area contributed by atoms with E-state index in [-0.39, 0.29) is 0 Å². The molecule has 0 amide bonds. The lowest BCUT2D eigenvalue weighted by atomic mass is 9.97. The third-order valence-corrected chi connectivity index (χ3v) is 5.43. The van der Waals surface area contributed by atoms with Gasteiger partial charge in [0.05, 0.1) is 30.1 Å². The van der Waals surface area contributed by atoms with Gasteiger partial charge in [-0.25, -0.2) is 9.97 Å². The van der Waals surface area contributed by atoms with E-state index in [0.29, 0.717) is 12.5 Å². The molecule has 1 aliphatic heterocycles. The van der Waals surface area contributed by atoms with Crippen LogP contribution < -0.4 is 4.90 Å². The number of aromatic nitrogens is 7. The second kappa shape index (κ2) is 7.03. The standard InChI is InChI=1S/C20H22N8/c1-26-19(13-27-10-8-21-14-27)24-25-20(26)15-5-4-9-28(12-15)18-11-22-16-6-2-3-7-17(16)23-18/h2-3,6-8,10-11,14-15H,4-5,9,12-13H2,1H3/t15-/m1/s1. The maximum atomic E-state index is 4.81. The van der Waals surface area contributed by atoms with Crippen molar-refractivity contribution in [1.29, 1.82) is 0 Å². The predicted molar refractivity (Wildman–Crippen MR) is 106 cm³/mol. The number of para-hydroxylation sites is 2. The first-order valence-corrected chi connectivity index (χ1v) is 9.58. The van der Waals surface area contributed by atoms with E-state index in [9.17, 15) is 0 Å². The van der Waals surface area contributed by atoms with Gasteiger partial charge in [0, 0.05) is 38.4 Å². The molecule has 0 saturated carbocycles. The summed E-state index contributed by atoms with van der Waals surface area (Å²) in [7, 11) is 2.05. The Balaban J connectivity index is 1.37. The SMILES string of the molecule is Cn1c(Cn2ccnc2)nnc1[C@@H]1CCCN(c2cnc3ccccc3n2)C1. The van der Waals surface area contributed by atoms with E-state index in [4.69, 9.17) is 4.98 Å². The van der Waals surface area contributed by atoms with Gasteiger partial charge in [-0.3, -0.25) is 4.98 Å². The molecule has 4 heterocycles. The van der Waals surface area contributed by atoms with Gasteiger partial charge in [0.25, 0.3) is 0 Å². The summed E-state index contributed by atoms with van der Waals surface area (Å²) in [6.45, 7) is 2.55. The van der Waals surface area contributed by atoms with Crippen LogP contribution >= 0.6 is 0 Å². The number of hydrogen-bond donors (Lipinski definition) is 0. The molecule has 3 aromatic heterocycles. The summed E-state index contributed by atoms with van der Waals surface area (Å²) < 4.78 is 4.13. The van der Waals surface area contributed by atoms with Crippen molar-refractivity contribution < 1.29 is 0 Å². The van der Waals surface area contributed by atoms with Gasteiger partial charge in [-0.2, -0.15) is 0 Å². The third kappa shape index (κ3) is 3.11. The summed E-state index contributed by atoms with van der Waals surface area (Å²) in [5.74, 6) is 3.24. The summed E-state index contributed by atoms with van der Waals surface area (Å²) in [6, 6.07) is 8.00. The zero-order valence-corrected chi connectivity index (χ0v) is 15.8. The quantitative estimate of drug-likeness (QED) is 0.546. The van der Waals surface area contributed by atoms with E-state index in [1.165, 1.54) is 0 Å². The zero-order valence-electron chi connectivity index (χ0n) is 15.8. The molecule has 0 aliphatic carbocycles. The molecular formula is C20H22N8. The van der Waals surface area contributed by atoms with Crippen molar-refractivity contribution in [1.82, 2.24) is 34.3 Å². The fraction of sp³-hybridized carbons (Fsp3) is 0.350. The molecule has 0 unspecified atom stereocenters. The smallest absolute Gasteiger partial charge is 0.152 e. The van der Waals surface area contributed by atoms with Gasteiger partial charge in [0.2, 0.25) is 0 Å². The minimum absolute atomic E-state index is 0.330. The molecule has 0 bridgehead atoms. The Kier molecular flexibility index (Phi) is 4.23. The Hall–Kier alpha value is -3.29. The van der Waals surface area contributed by atoms with Gasteiger partial charge in [-0.1, -0.05) is 12.1 Å². The Morgan fingerprint density at radius 2 is 2.04 bits per heavy atom. The summed E-state index contributed by atoms with van der Waals surface area (Å²) in [6.07, 6.45) is 9.61. The molecule has 142 valence electrons. The number of nitrogens with zero attached hydrogens (tertiary/aromatic N) is 8. The van der Waals surface area contributed by atoms with Gasteiger partial charge in [-0.05, 0) is 25.0 Å². The number of benzene rings is 1. The van der Waals surface area contributed by atoms with Crippen LogP contribution in [0.3, 0.4) is 0 Å². The lowest BCUT2D eigenvalue weighted by Gasteiger charge is -2.33. The van der Waals surface area contributed by atoms with E-state index in [0.717, 1.165) is 54.4 Å². The minimum atomic E-state index is 0.330. The lowest BCUT2D eigenvalue weighted by molar-refractivity contribution is 0.475. The highest BCUT2D eigenvalue weighted by molar-refractivity contribution is 5.75. The molecule has 1 aromatic carbocycles. The van der Waals surface area contributed by atoms with Crippen LogP contribution in [0.5, 0.6) is 0 Å². The van der Waals surface area contributed by atoms with Crippen LogP contribution in [-0.4, -0.2) is 47.4 Å². The second-order valence-electron chi connectivity index (χ2n) is 7.27. The highest BCUT2D eigenvalue weighted by atomic mass is 15.3. The van der Waals surface area contributed by atoms with Gasteiger partial charge in [-0.15, -0.1) is 10.2 Å². The van der Waals surface area contributed by atoms with Crippen molar-refractivity contribution in [2.75, 3.05) is 18.0 Å². The second-order valence-corrected chi connectivity index (χ2v) is 7.27. The molecule has 1 fully saturated rings. The minimum Gasteiger partial charge on any atom is -0.355 e. The largest absolute Gasteiger partial charge is 0.355 e. The Morgan fingerprint density at radius 1 is 1.14 bits per heavy atom. The number of piperidine rings is 1. The lowest BCUT2D eigenvalue weighted by Crippen LogP contribution is -2.36. The maximum Gasteiger partial charge on any atom is 0.152 e. The molecule has 0 N–H and O–H groups in total. The van der Waals surface area contributed by atoms with Crippen molar-refractivity contribution in [3.63, 3.8) is 0 Å². The third-order valence-electron chi connectivity index (χ3n) is 5.43. The topological polar surface area (TPSA) is 77.5 Å². The molecule has 1 aliphatic rings. The summed E-state index contributed by atoms with van der Waals surface area (Å²) in [4.78, 5) is 15.8. The van der Waals surface area contributed by atoms with E-state index in [1.807, 2.05) is 41.2 Å². The molecule has 4 aromatic rings.